The minimum absolute atomic E-state index is 0.167. The number of amides is 1. The summed E-state index contributed by atoms with van der Waals surface area (Å²) in [5, 5.41) is 23.7. The predicted molar refractivity (Wildman–Crippen MR) is 108 cm³/mol. The summed E-state index contributed by atoms with van der Waals surface area (Å²) >= 11 is 1.28. The molecule has 7 nitrogen and oxygen atoms in total. The Bertz CT molecular complexity index is 989. The monoisotopic (exact) mass is 392 g/mol. The number of thioether (sulfide) groups is 1. The Hall–Kier alpha value is -3.18. The molecule has 0 aliphatic heterocycles. The van der Waals surface area contributed by atoms with Crippen molar-refractivity contribution >= 4 is 23.4 Å². The predicted octanol–water partition coefficient (Wildman–Crippen LogP) is 3.78. The number of hydrogen-bond donors (Lipinski definition) is 1. The Kier molecular flexibility index (Phi) is 6.06. The summed E-state index contributed by atoms with van der Waals surface area (Å²) < 4.78 is 1.63. The van der Waals surface area contributed by atoms with E-state index in [0.29, 0.717) is 22.3 Å². The van der Waals surface area contributed by atoms with Crippen molar-refractivity contribution in [3.8, 4) is 11.8 Å². The van der Waals surface area contributed by atoms with Crippen LogP contribution in [0.4, 0.5) is 5.69 Å². The lowest BCUT2D eigenvalue weighted by Crippen LogP contribution is -2.22. The van der Waals surface area contributed by atoms with Crippen LogP contribution in [0.2, 0.25) is 0 Å². The molecule has 0 radical (unpaired) electrons. The van der Waals surface area contributed by atoms with Crippen molar-refractivity contribution in [1.29, 1.82) is 5.26 Å². The summed E-state index contributed by atoms with van der Waals surface area (Å²) in [5.41, 5.74) is 3.26. The van der Waals surface area contributed by atoms with Crippen LogP contribution in [0.5, 0.6) is 0 Å². The van der Waals surface area contributed by atoms with Crippen LogP contribution in [0, 0.1) is 11.3 Å². The molecule has 0 spiro atoms. The Morgan fingerprint density at radius 2 is 1.79 bits per heavy atom. The number of rotatable bonds is 6. The molecule has 0 saturated heterocycles. The van der Waals surface area contributed by atoms with E-state index < -0.39 is 5.25 Å². The van der Waals surface area contributed by atoms with Crippen molar-refractivity contribution < 1.29 is 4.79 Å². The van der Waals surface area contributed by atoms with Crippen LogP contribution in [0.3, 0.4) is 0 Å². The fourth-order valence-electron chi connectivity index (χ4n) is 2.50. The number of anilines is 1. The number of tetrazole rings is 1. The molecular formula is C20H20N6OS. The van der Waals surface area contributed by atoms with Gasteiger partial charge in [0.15, 0.2) is 0 Å². The first-order chi connectivity index (χ1) is 13.5. The summed E-state index contributed by atoms with van der Waals surface area (Å²) in [6.45, 7) is 6.08. The van der Waals surface area contributed by atoms with Crippen LogP contribution in [0.25, 0.3) is 5.69 Å². The van der Waals surface area contributed by atoms with Gasteiger partial charge in [-0.1, -0.05) is 37.7 Å². The highest BCUT2D eigenvalue weighted by Crippen LogP contribution is 2.25. The van der Waals surface area contributed by atoms with Crippen LogP contribution < -0.4 is 5.32 Å². The van der Waals surface area contributed by atoms with Gasteiger partial charge < -0.3 is 5.32 Å². The first-order valence-electron chi connectivity index (χ1n) is 8.84. The van der Waals surface area contributed by atoms with Crippen LogP contribution >= 0.6 is 11.8 Å². The largest absolute Gasteiger partial charge is 0.325 e. The van der Waals surface area contributed by atoms with Crippen molar-refractivity contribution in [1.82, 2.24) is 20.2 Å². The summed E-state index contributed by atoms with van der Waals surface area (Å²) in [6.07, 6.45) is 0. The van der Waals surface area contributed by atoms with Crippen molar-refractivity contribution in [2.75, 3.05) is 5.32 Å². The third-order valence-corrected chi connectivity index (χ3v) is 5.21. The van der Waals surface area contributed by atoms with Gasteiger partial charge in [-0.2, -0.15) is 9.94 Å². The normalized spacial score (nSPS) is 11.8. The zero-order chi connectivity index (χ0) is 20.1. The second-order valence-electron chi connectivity index (χ2n) is 6.56. The van der Waals surface area contributed by atoms with E-state index in [1.54, 1.807) is 35.9 Å². The van der Waals surface area contributed by atoms with Gasteiger partial charge in [0.2, 0.25) is 11.1 Å². The number of carbonyl (C=O) groups is 1. The first kappa shape index (κ1) is 19.6. The molecule has 0 bridgehead atoms. The van der Waals surface area contributed by atoms with E-state index in [4.69, 9.17) is 5.26 Å². The molecule has 2 aromatic carbocycles. The standard InChI is InChI=1S/C20H20N6OS/c1-13(2)16-6-10-18(11-7-16)26-20(23-24-25-26)28-14(3)19(27)22-17-8-4-15(12-21)5-9-17/h4-11,13-14H,1-3H3,(H,22,27)/t14-/m1/s1. The van der Waals surface area contributed by atoms with Gasteiger partial charge in [0.05, 0.1) is 22.6 Å². The Balaban J connectivity index is 1.69. The maximum atomic E-state index is 12.5. The van der Waals surface area contributed by atoms with Crippen LogP contribution in [-0.2, 0) is 4.79 Å². The van der Waals surface area contributed by atoms with Crippen LogP contribution in [0.15, 0.2) is 53.7 Å². The van der Waals surface area contributed by atoms with Crippen molar-refractivity contribution in [3.63, 3.8) is 0 Å². The highest BCUT2D eigenvalue weighted by atomic mass is 32.2. The van der Waals surface area contributed by atoms with E-state index in [1.807, 2.05) is 18.2 Å². The fourth-order valence-corrected chi connectivity index (χ4v) is 3.31. The minimum Gasteiger partial charge on any atom is -0.325 e. The second kappa shape index (κ2) is 8.67. The van der Waals surface area contributed by atoms with Crippen LogP contribution in [-0.4, -0.2) is 31.4 Å². The number of nitrogens with one attached hydrogen (secondary N) is 1. The van der Waals surface area contributed by atoms with Crippen molar-refractivity contribution in [3.05, 3.63) is 59.7 Å². The lowest BCUT2D eigenvalue weighted by molar-refractivity contribution is -0.115. The molecule has 0 aliphatic rings. The number of nitrogens with zero attached hydrogens (tertiary/aromatic N) is 5. The lowest BCUT2D eigenvalue weighted by Gasteiger charge is -2.12. The Morgan fingerprint density at radius 1 is 1.11 bits per heavy atom. The smallest absolute Gasteiger partial charge is 0.237 e. The number of aromatic nitrogens is 4. The topological polar surface area (TPSA) is 96.5 Å². The molecule has 0 saturated carbocycles. The summed E-state index contributed by atoms with van der Waals surface area (Å²) in [7, 11) is 0. The quantitative estimate of drug-likeness (QED) is 0.641. The zero-order valence-corrected chi connectivity index (χ0v) is 16.6. The number of hydrogen-bond acceptors (Lipinski definition) is 6. The highest BCUT2D eigenvalue weighted by molar-refractivity contribution is 8.00. The van der Waals surface area contributed by atoms with Gasteiger partial charge >= 0.3 is 0 Å². The number of nitriles is 1. The van der Waals surface area contributed by atoms with Gasteiger partial charge in [-0.05, 0) is 65.2 Å². The SMILES string of the molecule is CC(C)c1ccc(-n2nnnc2S[C@H](C)C(=O)Nc2ccc(C#N)cc2)cc1. The molecule has 142 valence electrons. The molecule has 1 N–H and O–H groups in total. The molecule has 1 atom stereocenters. The van der Waals surface area contributed by atoms with Gasteiger partial charge in [-0.3, -0.25) is 4.79 Å². The number of carbonyl (C=O) groups excluding carboxylic acids is 1. The van der Waals surface area contributed by atoms with Crippen molar-refractivity contribution in [2.45, 2.75) is 37.1 Å². The van der Waals surface area contributed by atoms with Crippen LogP contribution in [0.1, 0.15) is 37.8 Å². The zero-order valence-electron chi connectivity index (χ0n) is 15.8. The molecule has 0 aliphatic carbocycles. The molecule has 8 heteroatoms. The fraction of sp³-hybridized carbons (Fsp3) is 0.250. The van der Waals surface area contributed by atoms with Gasteiger partial charge in [0.25, 0.3) is 0 Å². The van der Waals surface area contributed by atoms with Crippen molar-refractivity contribution in [2.24, 2.45) is 0 Å². The highest BCUT2D eigenvalue weighted by Gasteiger charge is 2.19. The average molecular weight is 392 g/mol. The molecule has 3 aromatic rings. The second-order valence-corrected chi connectivity index (χ2v) is 7.87. The summed E-state index contributed by atoms with van der Waals surface area (Å²) in [6, 6.07) is 16.8. The van der Waals surface area contributed by atoms with Gasteiger partial charge in [0, 0.05) is 5.69 Å². The Morgan fingerprint density at radius 3 is 2.39 bits per heavy atom. The molecule has 0 fully saturated rings. The summed E-state index contributed by atoms with van der Waals surface area (Å²) in [5.74, 6) is 0.280. The third kappa shape index (κ3) is 4.56. The van der Waals surface area contributed by atoms with E-state index >= 15 is 0 Å². The third-order valence-electron chi connectivity index (χ3n) is 4.18. The van der Waals surface area contributed by atoms with E-state index in [0.717, 1.165) is 5.69 Å². The number of benzene rings is 2. The van der Waals surface area contributed by atoms with Gasteiger partial charge in [-0.15, -0.1) is 5.10 Å². The summed E-state index contributed by atoms with van der Waals surface area (Å²) in [4.78, 5) is 12.5. The average Bonchev–Trinajstić information content (AvgIpc) is 3.16. The van der Waals surface area contributed by atoms with E-state index in [9.17, 15) is 4.79 Å². The van der Waals surface area contributed by atoms with E-state index in [-0.39, 0.29) is 5.91 Å². The lowest BCUT2D eigenvalue weighted by atomic mass is 10.0. The Labute approximate surface area is 167 Å². The van der Waals surface area contributed by atoms with Gasteiger partial charge in [-0.25, -0.2) is 0 Å². The molecular weight excluding hydrogens is 372 g/mol. The molecule has 1 heterocycles. The molecule has 28 heavy (non-hydrogen) atoms. The molecule has 0 unspecified atom stereocenters. The minimum atomic E-state index is -0.407. The van der Waals surface area contributed by atoms with Gasteiger partial charge in [0.1, 0.15) is 0 Å². The van der Waals surface area contributed by atoms with E-state index in [1.165, 1.54) is 17.3 Å². The molecule has 1 aromatic heterocycles. The first-order valence-corrected chi connectivity index (χ1v) is 9.72. The van der Waals surface area contributed by atoms with E-state index in [2.05, 4.69) is 46.8 Å². The molecule has 3 rings (SSSR count). The molecule has 1 amide bonds. The maximum absolute atomic E-state index is 12.5. The maximum Gasteiger partial charge on any atom is 0.237 e.